The maximum Gasteiger partial charge on any atom is 0.344 e. The van der Waals surface area contributed by atoms with E-state index < -0.39 is 23.2 Å². The van der Waals surface area contributed by atoms with E-state index in [0.717, 1.165) is 10.9 Å². The molecule has 0 aliphatic heterocycles. The highest BCUT2D eigenvalue weighted by atomic mass is 79.9. The maximum absolute atomic E-state index is 13.1. The summed E-state index contributed by atoms with van der Waals surface area (Å²) in [5.74, 6) is -0.502. The fraction of sp³-hybridized carbons (Fsp3) is 0.304. The number of rotatable bonds is 9. The third-order valence-corrected chi connectivity index (χ3v) is 5.39. The lowest BCUT2D eigenvalue weighted by atomic mass is 10.2. The molecule has 0 spiro atoms. The second-order valence-corrected chi connectivity index (χ2v) is 9.06. The van der Waals surface area contributed by atoms with Gasteiger partial charge in [0, 0.05) is 22.5 Å². The molecule has 12 heteroatoms. The van der Waals surface area contributed by atoms with Crippen molar-refractivity contribution < 1.29 is 19.2 Å². The average molecular weight is 566 g/mol. The Kier molecular flexibility index (Phi) is 8.57. The number of nitrogens with zero attached hydrogens (tertiary/aromatic N) is 4. The average Bonchev–Trinajstić information content (AvgIpc) is 2.78. The van der Waals surface area contributed by atoms with Crippen LogP contribution in [-0.4, -0.2) is 39.5 Å². The molecule has 0 saturated carbocycles. The lowest BCUT2D eigenvalue weighted by Gasteiger charge is -2.11. The number of esters is 1. The van der Waals surface area contributed by atoms with Crippen LogP contribution in [0.5, 0.6) is 5.75 Å². The molecule has 0 bridgehead atoms. The molecular weight excluding hydrogens is 544 g/mol. The van der Waals surface area contributed by atoms with Crippen LogP contribution in [0.1, 0.15) is 38.6 Å². The summed E-state index contributed by atoms with van der Waals surface area (Å²) in [6.07, 6.45) is 2.15. The summed E-state index contributed by atoms with van der Waals surface area (Å²) in [5.41, 5.74) is -0.0371. The molecule has 0 unspecified atom stereocenters. The molecule has 0 saturated heterocycles. The van der Waals surface area contributed by atoms with Gasteiger partial charge >= 0.3 is 11.7 Å². The van der Waals surface area contributed by atoms with Gasteiger partial charge in [0.2, 0.25) is 5.75 Å². The lowest BCUT2D eigenvalue weighted by molar-refractivity contribution is -0.385. The van der Waals surface area contributed by atoms with E-state index in [1.807, 2.05) is 6.92 Å². The van der Waals surface area contributed by atoms with Crippen LogP contribution >= 0.6 is 27.5 Å². The van der Waals surface area contributed by atoms with E-state index in [0.29, 0.717) is 23.1 Å². The Labute approximate surface area is 213 Å². The van der Waals surface area contributed by atoms with Gasteiger partial charge in [-0.2, -0.15) is 9.78 Å². The highest BCUT2D eigenvalue weighted by Crippen LogP contribution is 2.36. The highest BCUT2D eigenvalue weighted by molar-refractivity contribution is 9.10. The Hall–Kier alpha value is -3.31. The second kappa shape index (κ2) is 11.4. The van der Waals surface area contributed by atoms with Crippen LogP contribution in [0.3, 0.4) is 0 Å². The molecule has 0 aliphatic rings. The zero-order chi connectivity index (χ0) is 25.7. The number of halogens is 2. The van der Waals surface area contributed by atoms with Gasteiger partial charge < -0.3 is 9.47 Å². The highest BCUT2D eigenvalue weighted by Gasteiger charge is 2.22. The zero-order valence-corrected chi connectivity index (χ0v) is 21.5. The third kappa shape index (κ3) is 6.43. The fourth-order valence-corrected chi connectivity index (χ4v) is 3.84. The zero-order valence-electron chi connectivity index (χ0n) is 19.2. The Morgan fingerprint density at radius 3 is 2.74 bits per heavy atom. The summed E-state index contributed by atoms with van der Waals surface area (Å²) in [5, 5.41) is 16.2. The topological polar surface area (TPSA) is 126 Å². The van der Waals surface area contributed by atoms with E-state index in [1.165, 1.54) is 23.0 Å². The maximum atomic E-state index is 13.1. The first-order valence-electron chi connectivity index (χ1n) is 10.7. The number of hydrogen-bond acceptors (Lipinski definition) is 8. The van der Waals surface area contributed by atoms with Crippen LogP contribution in [0.2, 0.25) is 5.02 Å². The molecule has 0 N–H and O–H groups in total. The number of aromatic nitrogens is 2. The van der Waals surface area contributed by atoms with Crippen molar-refractivity contribution in [1.29, 1.82) is 0 Å². The minimum Gasteiger partial charge on any atom is -0.474 e. The SMILES string of the molecule is CCCc1nc2ccc(Br)cc2c(=O)n1N=Cc1cc(Cl)c(OCC(=O)OC(C)C)c([N+](=O)[O-])c1. The summed E-state index contributed by atoms with van der Waals surface area (Å²) < 4.78 is 12.1. The van der Waals surface area contributed by atoms with Crippen LogP contribution in [-0.2, 0) is 16.0 Å². The Balaban J connectivity index is 2.00. The van der Waals surface area contributed by atoms with Gasteiger partial charge in [0.1, 0.15) is 5.82 Å². The molecule has 0 amide bonds. The number of nitro groups is 1. The first kappa shape index (κ1) is 26.3. The first-order valence-corrected chi connectivity index (χ1v) is 11.8. The normalized spacial score (nSPS) is 11.4. The predicted molar refractivity (Wildman–Crippen MR) is 136 cm³/mol. The number of carbonyl (C=O) groups is 1. The predicted octanol–water partition coefficient (Wildman–Crippen LogP) is 4.89. The quantitative estimate of drug-likeness (QED) is 0.157. The third-order valence-electron chi connectivity index (χ3n) is 4.62. The number of hydrogen-bond donors (Lipinski definition) is 0. The number of carbonyl (C=O) groups excluding carboxylic acids is 1. The smallest absolute Gasteiger partial charge is 0.344 e. The van der Waals surface area contributed by atoms with Crippen molar-refractivity contribution in [3.8, 4) is 5.75 Å². The van der Waals surface area contributed by atoms with Gasteiger partial charge in [0.05, 0.1) is 33.2 Å². The van der Waals surface area contributed by atoms with Crippen LogP contribution in [0.25, 0.3) is 10.9 Å². The summed E-state index contributed by atoms with van der Waals surface area (Å²) in [7, 11) is 0. The largest absolute Gasteiger partial charge is 0.474 e. The molecular formula is C23H22BrClN4O6. The van der Waals surface area contributed by atoms with Gasteiger partial charge in [0.15, 0.2) is 6.61 Å². The molecule has 1 aromatic heterocycles. The number of aryl methyl sites for hydroxylation is 1. The number of benzene rings is 2. The van der Waals surface area contributed by atoms with Gasteiger partial charge in [-0.3, -0.25) is 14.9 Å². The van der Waals surface area contributed by atoms with E-state index in [2.05, 4.69) is 26.0 Å². The van der Waals surface area contributed by atoms with Gasteiger partial charge in [-0.1, -0.05) is 34.5 Å². The van der Waals surface area contributed by atoms with Crippen molar-refractivity contribution in [2.24, 2.45) is 5.10 Å². The van der Waals surface area contributed by atoms with Gasteiger partial charge in [-0.05, 0) is 44.5 Å². The van der Waals surface area contributed by atoms with Crippen molar-refractivity contribution in [2.75, 3.05) is 6.61 Å². The molecule has 184 valence electrons. The van der Waals surface area contributed by atoms with Crippen molar-refractivity contribution >= 4 is 56.3 Å². The van der Waals surface area contributed by atoms with Crippen molar-refractivity contribution in [3.63, 3.8) is 0 Å². The summed E-state index contributed by atoms with van der Waals surface area (Å²) in [6, 6.07) is 7.77. The summed E-state index contributed by atoms with van der Waals surface area (Å²) in [6.45, 7) is 4.75. The molecule has 3 rings (SSSR count). The van der Waals surface area contributed by atoms with Crippen molar-refractivity contribution in [2.45, 2.75) is 39.7 Å². The van der Waals surface area contributed by atoms with Crippen LogP contribution in [0.15, 0.2) is 44.7 Å². The Morgan fingerprint density at radius 1 is 1.34 bits per heavy atom. The van der Waals surface area contributed by atoms with Gasteiger partial charge in [-0.15, -0.1) is 0 Å². The number of nitro benzene ring substituents is 1. The summed E-state index contributed by atoms with van der Waals surface area (Å²) in [4.78, 5) is 40.4. The monoisotopic (exact) mass is 564 g/mol. The van der Waals surface area contributed by atoms with E-state index in [1.54, 1.807) is 32.0 Å². The standard InChI is InChI=1S/C23H22BrClN4O6/c1-4-5-20-27-18-7-6-15(24)10-16(18)23(31)28(20)26-11-14-8-17(25)22(19(9-14)29(32)33)34-12-21(30)35-13(2)3/h6-11,13H,4-5,12H2,1-3H3. The van der Waals surface area contributed by atoms with E-state index >= 15 is 0 Å². The van der Waals surface area contributed by atoms with E-state index in [-0.39, 0.29) is 28.0 Å². The van der Waals surface area contributed by atoms with E-state index in [4.69, 9.17) is 21.1 Å². The first-order chi connectivity index (χ1) is 16.6. The molecule has 0 aliphatic carbocycles. The van der Waals surface area contributed by atoms with Crippen LogP contribution in [0.4, 0.5) is 5.69 Å². The molecule has 0 radical (unpaired) electrons. The summed E-state index contributed by atoms with van der Waals surface area (Å²) >= 11 is 9.58. The number of fused-ring (bicyclic) bond motifs is 1. The minimum atomic E-state index is -0.686. The molecule has 0 fully saturated rings. The Morgan fingerprint density at radius 2 is 2.09 bits per heavy atom. The molecule has 2 aromatic carbocycles. The Bertz CT molecular complexity index is 1370. The molecule has 0 atom stereocenters. The fourth-order valence-electron chi connectivity index (χ4n) is 3.20. The van der Waals surface area contributed by atoms with Crippen molar-refractivity contribution in [1.82, 2.24) is 9.66 Å². The molecule has 10 nitrogen and oxygen atoms in total. The molecule has 3 aromatic rings. The van der Waals surface area contributed by atoms with Gasteiger partial charge in [-0.25, -0.2) is 9.78 Å². The minimum absolute atomic E-state index is 0.0975. The van der Waals surface area contributed by atoms with E-state index in [9.17, 15) is 19.7 Å². The molecule has 1 heterocycles. The second-order valence-electron chi connectivity index (χ2n) is 7.74. The van der Waals surface area contributed by atoms with Crippen molar-refractivity contribution in [3.05, 3.63) is 71.7 Å². The number of ether oxygens (including phenoxy) is 2. The van der Waals surface area contributed by atoms with Crippen LogP contribution in [0, 0.1) is 10.1 Å². The lowest BCUT2D eigenvalue weighted by Crippen LogP contribution is -2.22. The molecule has 35 heavy (non-hydrogen) atoms. The van der Waals surface area contributed by atoms with Gasteiger partial charge in [0.25, 0.3) is 5.56 Å². The van der Waals surface area contributed by atoms with Crippen LogP contribution < -0.4 is 10.3 Å².